The summed E-state index contributed by atoms with van der Waals surface area (Å²) < 4.78 is 4.32. The van der Waals surface area contributed by atoms with Crippen LogP contribution in [-0.4, -0.2) is 38.0 Å². The third kappa shape index (κ3) is 3.43. The maximum Gasteiger partial charge on any atom is 0.253 e. The number of benzene rings is 1. The average Bonchev–Trinajstić information content (AvgIpc) is 3.33. The molecule has 0 saturated carbocycles. The Bertz CT molecular complexity index is 864. The molecule has 1 aromatic carbocycles. The number of aryl methyl sites for hydroxylation is 1. The minimum absolute atomic E-state index is 0.125. The van der Waals surface area contributed by atoms with Crippen molar-refractivity contribution in [2.24, 2.45) is 0 Å². The van der Waals surface area contributed by atoms with E-state index in [2.05, 4.69) is 26.3 Å². The van der Waals surface area contributed by atoms with Crippen LogP contribution in [0.15, 0.2) is 61.2 Å². The number of imidazole rings is 1. The highest BCUT2D eigenvalue weighted by atomic mass is 16.2. The number of hydrogen-bond donors (Lipinski definition) is 0. The monoisotopic (exact) mass is 348 g/mol. The molecule has 4 rings (SSSR count). The molecule has 2 aromatic heterocycles. The molecule has 1 atom stereocenters. The normalized spacial score (nSPS) is 17.4. The molecule has 5 heteroatoms. The molecule has 0 spiro atoms. The second kappa shape index (κ2) is 7.20. The molecular formula is C21H24N4O. The summed E-state index contributed by atoms with van der Waals surface area (Å²) in [5, 5.41) is 0. The third-order valence-corrected chi connectivity index (χ3v) is 5.17. The molecule has 1 amide bonds. The van der Waals surface area contributed by atoms with Crippen LogP contribution in [0.1, 0.15) is 40.6 Å². The van der Waals surface area contributed by atoms with Crippen LogP contribution in [0.3, 0.4) is 0 Å². The topological polar surface area (TPSA) is 43.1 Å². The number of aromatic nitrogens is 3. The van der Waals surface area contributed by atoms with E-state index >= 15 is 0 Å². The number of hydrogen-bond acceptors (Lipinski definition) is 2. The van der Waals surface area contributed by atoms with Crippen molar-refractivity contribution in [1.82, 2.24) is 19.0 Å². The van der Waals surface area contributed by atoms with Gasteiger partial charge in [0.1, 0.15) is 5.82 Å². The average molecular weight is 348 g/mol. The number of carbonyl (C=O) groups excluding carboxylic acids is 1. The van der Waals surface area contributed by atoms with E-state index in [0.29, 0.717) is 6.04 Å². The van der Waals surface area contributed by atoms with E-state index in [4.69, 9.17) is 0 Å². The van der Waals surface area contributed by atoms with Crippen molar-refractivity contribution in [1.29, 1.82) is 0 Å². The van der Waals surface area contributed by atoms with Crippen LogP contribution in [0.5, 0.6) is 0 Å². The molecule has 0 aliphatic carbocycles. The van der Waals surface area contributed by atoms with Gasteiger partial charge in [-0.2, -0.15) is 0 Å². The zero-order chi connectivity index (χ0) is 17.9. The van der Waals surface area contributed by atoms with Crippen LogP contribution in [0.25, 0.3) is 0 Å². The largest absolute Gasteiger partial charge is 0.350 e. The molecule has 1 aliphatic heterocycles. The number of carbonyl (C=O) groups is 1. The lowest BCUT2D eigenvalue weighted by molar-refractivity contribution is 0.0678. The first-order valence-corrected chi connectivity index (χ1v) is 9.19. The Morgan fingerprint density at radius 1 is 1.15 bits per heavy atom. The van der Waals surface area contributed by atoms with Crippen molar-refractivity contribution in [3.8, 4) is 0 Å². The van der Waals surface area contributed by atoms with Crippen molar-refractivity contribution in [3.63, 3.8) is 0 Å². The molecule has 134 valence electrons. The number of nitrogens with zero attached hydrogens (tertiary/aromatic N) is 4. The zero-order valence-corrected chi connectivity index (χ0v) is 15.1. The van der Waals surface area contributed by atoms with E-state index in [9.17, 15) is 4.79 Å². The first-order valence-electron chi connectivity index (χ1n) is 9.19. The molecule has 1 fully saturated rings. The van der Waals surface area contributed by atoms with Crippen LogP contribution in [0, 0.1) is 6.92 Å². The highest BCUT2D eigenvalue weighted by molar-refractivity contribution is 5.94. The summed E-state index contributed by atoms with van der Waals surface area (Å²) in [5.74, 6) is 1.14. The Labute approximate surface area is 153 Å². The highest BCUT2D eigenvalue weighted by Crippen LogP contribution is 2.24. The Balaban J connectivity index is 1.44. The molecule has 3 heterocycles. The van der Waals surface area contributed by atoms with E-state index in [1.54, 1.807) is 0 Å². The lowest BCUT2D eigenvalue weighted by Gasteiger charge is -2.34. The number of rotatable bonds is 4. The van der Waals surface area contributed by atoms with Gasteiger partial charge in [0.05, 0.1) is 6.04 Å². The van der Waals surface area contributed by atoms with Crippen molar-refractivity contribution in [3.05, 3.63) is 78.1 Å². The number of likely N-dealkylation sites (tertiary alicyclic amines) is 1. The summed E-state index contributed by atoms with van der Waals surface area (Å²) in [6.45, 7) is 4.42. The predicted molar refractivity (Wildman–Crippen MR) is 101 cm³/mol. The van der Waals surface area contributed by atoms with Gasteiger partial charge in [0.2, 0.25) is 0 Å². The van der Waals surface area contributed by atoms with Gasteiger partial charge in [0.25, 0.3) is 5.91 Å². The van der Waals surface area contributed by atoms with Gasteiger partial charge in [-0.1, -0.05) is 12.1 Å². The Hall–Kier alpha value is -2.82. The van der Waals surface area contributed by atoms with Gasteiger partial charge in [0.15, 0.2) is 0 Å². The second-order valence-corrected chi connectivity index (χ2v) is 6.98. The van der Waals surface area contributed by atoms with Crippen LogP contribution >= 0.6 is 0 Å². The Morgan fingerprint density at radius 3 is 2.62 bits per heavy atom. The summed E-state index contributed by atoms with van der Waals surface area (Å²) in [7, 11) is 0. The van der Waals surface area contributed by atoms with Gasteiger partial charge in [-0.05, 0) is 49.6 Å². The second-order valence-electron chi connectivity index (χ2n) is 6.98. The molecule has 0 unspecified atom stereocenters. The molecule has 1 aliphatic rings. The molecule has 3 aromatic rings. The minimum atomic E-state index is 0.125. The molecule has 1 saturated heterocycles. The highest BCUT2D eigenvalue weighted by Gasteiger charge is 2.26. The van der Waals surface area contributed by atoms with Crippen molar-refractivity contribution in [2.75, 3.05) is 13.1 Å². The van der Waals surface area contributed by atoms with Gasteiger partial charge in [-0.25, -0.2) is 4.98 Å². The lowest BCUT2D eigenvalue weighted by atomic mass is 10.0. The Kier molecular flexibility index (Phi) is 4.61. The zero-order valence-electron chi connectivity index (χ0n) is 15.1. The molecule has 26 heavy (non-hydrogen) atoms. The van der Waals surface area contributed by atoms with Gasteiger partial charge in [0, 0.05) is 50.0 Å². The standard InChI is InChI=1S/C21H24N4O/c1-17-22-10-14-25(17)20-5-4-13-24(16-20)21(26)19-8-6-18(7-9-19)15-23-11-2-3-12-23/h2-3,6-12,14,20H,4-5,13,15-16H2,1H3/t20-/m1/s1. The van der Waals surface area contributed by atoms with Gasteiger partial charge >= 0.3 is 0 Å². The van der Waals surface area contributed by atoms with Gasteiger partial charge in [-0.15, -0.1) is 0 Å². The van der Waals surface area contributed by atoms with Gasteiger partial charge in [-0.3, -0.25) is 4.79 Å². The summed E-state index contributed by atoms with van der Waals surface area (Å²) in [4.78, 5) is 19.2. The molecule has 0 bridgehead atoms. The van der Waals surface area contributed by atoms with Crippen LogP contribution in [0.4, 0.5) is 0 Å². The molecule has 0 N–H and O–H groups in total. The number of amides is 1. The first kappa shape index (κ1) is 16.6. The third-order valence-electron chi connectivity index (χ3n) is 5.17. The quantitative estimate of drug-likeness (QED) is 0.724. The van der Waals surface area contributed by atoms with E-state index in [-0.39, 0.29) is 5.91 Å². The van der Waals surface area contributed by atoms with E-state index in [0.717, 1.165) is 43.9 Å². The van der Waals surface area contributed by atoms with E-state index in [1.807, 2.05) is 60.9 Å². The first-order chi connectivity index (χ1) is 12.7. The van der Waals surface area contributed by atoms with Crippen molar-refractivity contribution in [2.45, 2.75) is 32.4 Å². The summed E-state index contributed by atoms with van der Waals surface area (Å²) in [5.41, 5.74) is 1.97. The van der Waals surface area contributed by atoms with Crippen LogP contribution < -0.4 is 0 Å². The minimum Gasteiger partial charge on any atom is -0.350 e. The Morgan fingerprint density at radius 2 is 1.92 bits per heavy atom. The maximum absolute atomic E-state index is 12.9. The smallest absolute Gasteiger partial charge is 0.253 e. The van der Waals surface area contributed by atoms with Crippen molar-refractivity contribution < 1.29 is 4.79 Å². The molecule has 0 radical (unpaired) electrons. The molecule has 5 nitrogen and oxygen atoms in total. The van der Waals surface area contributed by atoms with Crippen LogP contribution in [-0.2, 0) is 6.54 Å². The van der Waals surface area contributed by atoms with Crippen molar-refractivity contribution >= 4 is 5.91 Å². The fraction of sp³-hybridized carbons (Fsp3) is 0.333. The van der Waals surface area contributed by atoms with Gasteiger partial charge < -0.3 is 14.0 Å². The maximum atomic E-state index is 12.9. The fourth-order valence-electron chi connectivity index (χ4n) is 3.76. The summed E-state index contributed by atoms with van der Waals surface area (Å²) in [6.07, 6.45) is 10.1. The lowest BCUT2D eigenvalue weighted by Crippen LogP contribution is -2.40. The summed E-state index contributed by atoms with van der Waals surface area (Å²) >= 11 is 0. The fourth-order valence-corrected chi connectivity index (χ4v) is 3.76. The predicted octanol–water partition coefficient (Wildman–Crippen LogP) is 3.52. The van der Waals surface area contributed by atoms with E-state index < -0.39 is 0 Å². The summed E-state index contributed by atoms with van der Waals surface area (Å²) in [6, 6.07) is 12.4. The van der Waals surface area contributed by atoms with Crippen LogP contribution in [0.2, 0.25) is 0 Å². The SMILES string of the molecule is Cc1nccn1[C@@H]1CCCN(C(=O)c2ccc(Cn3cccc3)cc2)C1. The molecular weight excluding hydrogens is 324 g/mol. The van der Waals surface area contributed by atoms with E-state index in [1.165, 1.54) is 5.56 Å². The number of piperidine rings is 1.